The molecule has 0 aliphatic carbocycles. The minimum Gasteiger partial charge on any atom is -0.464 e. The summed E-state index contributed by atoms with van der Waals surface area (Å²) in [4.78, 5) is 12.3. The number of benzene rings is 2. The number of rotatable bonds is 4. The predicted octanol–water partition coefficient (Wildman–Crippen LogP) is 5.22. The van der Waals surface area contributed by atoms with Gasteiger partial charge in [0.15, 0.2) is 10.7 Å². The molecular formula is C21H17BrN4O2S. The van der Waals surface area contributed by atoms with Crippen LogP contribution in [-0.2, 0) is 4.74 Å². The first kappa shape index (κ1) is 19.5. The number of ether oxygens (including phenoxy) is 1. The molecule has 0 fully saturated rings. The Balaban J connectivity index is 1.90. The smallest absolute Gasteiger partial charge is 0.359 e. The molecule has 29 heavy (non-hydrogen) atoms. The van der Waals surface area contributed by atoms with Gasteiger partial charge >= 0.3 is 5.97 Å². The van der Waals surface area contributed by atoms with Crippen LogP contribution in [0.3, 0.4) is 0 Å². The van der Waals surface area contributed by atoms with E-state index in [9.17, 15) is 4.79 Å². The second-order valence-corrected chi connectivity index (χ2v) is 8.25. The first-order chi connectivity index (χ1) is 14.0. The highest BCUT2D eigenvalue weighted by molar-refractivity contribution is 9.10. The Hall–Kier alpha value is -2.84. The molecule has 0 amide bonds. The first-order valence-electron chi connectivity index (χ1n) is 8.83. The molecule has 4 aromatic rings. The van der Waals surface area contributed by atoms with Crippen LogP contribution in [0.15, 0.2) is 53.0 Å². The quantitative estimate of drug-likeness (QED) is 0.383. The lowest BCUT2D eigenvalue weighted by Gasteiger charge is -2.08. The zero-order valence-electron chi connectivity index (χ0n) is 16.0. The van der Waals surface area contributed by atoms with Gasteiger partial charge in [0, 0.05) is 5.56 Å². The molecule has 0 atom stereocenters. The summed E-state index contributed by atoms with van der Waals surface area (Å²) in [7, 11) is 1.34. The maximum Gasteiger partial charge on any atom is 0.359 e. The summed E-state index contributed by atoms with van der Waals surface area (Å²) >= 11 is 4.98. The zero-order valence-corrected chi connectivity index (χ0v) is 18.4. The van der Waals surface area contributed by atoms with Crippen LogP contribution in [0, 0.1) is 13.8 Å². The van der Waals surface area contributed by atoms with Gasteiger partial charge in [-0.05, 0) is 47.5 Å². The van der Waals surface area contributed by atoms with Crippen molar-refractivity contribution in [1.82, 2.24) is 20.0 Å². The van der Waals surface area contributed by atoms with E-state index in [2.05, 4.69) is 37.3 Å². The Bertz CT molecular complexity index is 1220. The zero-order chi connectivity index (χ0) is 20.5. The van der Waals surface area contributed by atoms with Crippen molar-refractivity contribution in [3.8, 4) is 27.0 Å². The second-order valence-electron chi connectivity index (χ2n) is 6.48. The van der Waals surface area contributed by atoms with Crippen LogP contribution >= 0.6 is 27.3 Å². The molecule has 6 nitrogen and oxygen atoms in total. The molecule has 146 valence electrons. The van der Waals surface area contributed by atoms with E-state index in [1.54, 1.807) is 4.68 Å². The van der Waals surface area contributed by atoms with Crippen LogP contribution in [0.25, 0.3) is 27.0 Å². The standard InChI is InChI=1S/C21H17BrN4O2S/c1-12-7-6-9-14(11-12)19-23-24-20(29-19)18-16(22)17(21(27)28-3)25-26(18)15-10-5-4-8-13(15)2/h4-11H,1-3H3. The van der Waals surface area contributed by atoms with Crippen molar-refractivity contribution in [2.75, 3.05) is 7.11 Å². The Morgan fingerprint density at radius 2 is 1.83 bits per heavy atom. The molecular weight excluding hydrogens is 452 g/mol. The number of esters is 1. The van der Waals surface area contributed by atoms with Crippen molar-refractivity contribution < 1.29 is 9.53 Å². The molecule has 0 saturated carbocycles. The molecule has 0 bridgehead atoms. The van der Waals surface area contributed by atoms with E-state index in [1.807, 2.05) is 56.3 Å². The fourth-order valence-corrected chi connectivity index (χ4v) is 4.60. The number of hydrogen-bond acceptors (Lipinski definition) is 6. The number of aromatic nitrogens is 4. The molecule has 0 aliphatic heterocycles. The van der Waals surface area contributed by atoms with Crippen LogP contribution in [0.2, 0.25) is 0 Å². The summed E-state index contributed by atoms with van der Waals surface area (Å²) in [6, 6.07) is 15.9. The Morgan fingerprint density at radius 3 is 2.55 bits per heavy atom. The Kier molecular flexibility index (Phi) is 5.29. The molecule has 2 aromatic carbocycles. The van der Waals surface area contributed by atoms with E-state index < -0.39 is 5.97 Å². The van der Waals surface area contributed by atoms with Gasteiger partial charge in [0.1, 0.15) is 10.7 Å². The van der Waals surface area contributed by atoms with Crippen molar-refractivity contribution in [3.05, 3.63) is 69.8 Å². The molecule has 0 aliphatic rings. The van der Waals surface area contributed by atoms with E-state index >= 15 is 0 Å². The number of aryl methyl sites for hydroxylation is 2. The topological polar surface area (TPSA) is 69.9 Å². The maximum atomic E-state index is 12.3. The fraction of sp³-hybridized carbons (Fsp3) is 0.143. The predicted molar refractivity (Wildman–Crippen MR) is 116 cm³/mol. The van der Waals surface area contributed by atoms with Gasteiger partial charge in [-0.3, -0.25) is 0 Å². The summed E-state index contributed by atoms with van der Waals surface area (Å²) < 4.78 is 7.14. The van der Waals surface area contributed by atoms with Gasteiger partial charge in [-0.2, -0.15) is 5.10 Å². The van der Waals surface area contributed by atoms with Crippen molar-refractivity contribution in [2.45, 2.75) is 13.8 Å². The number of carbonyl (C=O) groups excluding carboxylic acids is 1. The van der Waals surface area contributed by atoms with E-state index in [0.717, 1.165) is 27.4 Å². The summed E-state index contributed by atoms with van der Waals surface area (Å²) in [6.45, 7) is 4.03. The summed E-state index contributed by atoms with van der Waals surface area (Å²) in [6.07, 6.45) is 0. The highest BCUT2D eigenvalue weighted by Crippen LogP contribution is 2.38. The van der Waals surface area contributed by atoms with Gasteiger partial charge < -0.3 is 4.74 Å². The third-order valence-corrected chi connectivity index (χ3v) is 6.17. The second kappa shape index (κ2) is 7.88. The van der Waals surface area contributed by atoms with E-state index in [-0.39, 0.29) is 5.69 Å². The molecule has 0 saturated heterocycles. The van der Waals surface area contributed by atoms with Crippen LogP contribution in [0.5, 0.6) is 0 Å². The van der Waals surface area contributed by atoms with E-state index in [1.165, 1.54) is 18.4 Å². The average molecular weight is 469 g/mol. The van der Waals surface area contributed by atoms with Gasteiger partial charge in [0.25, 0.3) is 0 Å². The highest BCUT2D eigenvalue weighted by Gasteiger charge is 2.26. The van der Waals surface area contributed by atoms with Gasteiger partial charge in [-0.25, -0.2) is 9.48 Å². The number of methoxy groups -OCH3 is 1. The number of carbonyl (C=O) groups is 1. The third-order valence-electron chi connectivity index (χ3n) is 4.44. The molecule has 0 spiro atoms. The molecule has 8 heteroatoms. The number of para-hydroxylation sites is 1. The van der Waals surface area contributed by atoms with E-state index in [0.29, 0.717) is 15.2 Å². The molecule has 2 heterocycles. The van der Waals surface area contributed by atoms with Gasteiger partial charge in [-0.15, -0.1) is 10.2 Å². The molecule has 2 aromatic heterocycles. The normalized spacial score (nSPS) is 10.9. The van der Waals surface area contributed by atoms with Crippen LogP contribution in [-0.4, -0.2) is 33.1 Å². The largest absolute Gasteiger partial charge is 0.464 e. The van der Waals surface area contributed by atoms with Crippen molar-refractivity contribution in [1.29, 1.82) is 0 Å². The Labute approximate surface area is 180 Å². The number of nitrogens with zero attached hydrogens (tertiary/aromatic N) is 4. The summed E-state index contributed by atoms with van der Waals surface area (Å²) in [5.41, 5.74) is 4.88. The van der Waals surface area contributed by atoms with Gasteiger partial charge in [-0.1, -0.05) is 53.3 Å². The van der Waals surface area contributed by atoms with Crippen molar-refractivity contribution in [3.63, 3.8) is 0 Å². The monoisotopic (exact) mass is 468 g/mol. The summed E-state index contributed by atoms with van der Waals surface area (Å²) in [5, 5.41) is 14.7. The average Bonchev–Trinajstić information content (AvgIpc) is 3.32. The molecule has 4 rings (SSSR count). The molecule has 0 radical (unpaired) electrons. The minimum atomic E-state index is -0.520. The van der Waals surface area contributed by atoms with Crippen LogP contribution in [0.4, 0.5) is 0 Å². The Morgan fingerprint density at radius 1 is 1.07 bits per heavy atom. The van der Waals surface area contributed by atoms with Crippen molar-refractivity contribution in [2.24, 2.45) is 0 Å². The highest BCUT2D eigenvalue weighted by atomic mass is 79.9. The number of hydrogen-bond donors (Lipinski definition) is 0. The molecule has 0 N–H and O–H groups in total. The van der Waals surface area contributed by atoms with E-state index in [4.69, 9.17) is 4.74 Å². The first-order valence-corrected chi connectivity index (χ1v) is 10.4. The SMILES string of the molecule is COC(=O)c1nn(-c2ccccc2C)c(-c2nnc(-c3cccc(C)c3)s2)c1Br. The minimum absolute atomic E-state index is 0.193. The van der Waals surface area contributed by atoms with Crippen LogP contribution < -0.4 is 0 Å². The lowest BCUT2D eigenvalue weighted by atomic mass is 10.1. The van der Waals surface area contributed by atoms with Gasteiger partial charge in [0.2, 0.25) is 0 Å². The summed E-state index contributed by atoms with van der Waals surface area (Å²) in [5.74, 6) is -0.520. The lowest BCUT2D eigenvalue weighted by molar-refractivity contribution is 0.0592. The third kappa shape index (κ3) is 3.61. The van der Waals surface area contributed by atoms with Gasteiger partial charge in [0.05, 0.1) is 17.3 Å². The fourth-order valence-electron chi connectivity index (χ4n) is 3.00. The lowest BCUT2D eigenvalue weighted by Crippen LogP contribution is -2.05. The maximum absolute atomic E-state index is 12.3. The van der Waals surface area contributed by atoms with Crippen molar-refractivity contribution >= 4 is 33.2 Å². The number of halogens is 1. The van der Waals surface area contributed by atoms with Crippen LogP contribution in [0.1, 0.15) is 21.6 Å². The molecule has 0 unspecified atom stereocenters.